The third-order valence-electron chi connectivity index (χ3n) is 3.09. The zero-order valence-electron chi connectivity index (χ0n) is 10.5. The molecule has 1 aromatic rings. The predicted octanol–water partition coefficient (Wildman–Crippen LogP) is 3.38. The largest absolute Gasteiger partial charge is 0.388 e. The van der Waals surface area contributed by atoms with Gasteiger partial charge in [0.25, 0.3) is 5.91 Å². The van der Waals surface area contributed by atoms with Gasteiger partial charge in [-0.25, -0.2) is 0 Å². The Labute approximate surface area is 121 Å². The first-order chi connectivity index (χ1) is 8.43. The van der Waals surface area contributed by atoms with Gasteiger partial charge < -0.3 is 10.4 Å². The summed E-state index contributed by atoms with van der Waals surface area (Å²) < 4.78 is 0.679. The van der Waals surface area contributed by atoms with Crippen LogP contribution in [0.2, 0.25) is 5.02 Å². The van der Waals surface area contributed by atoms with Crippen LogP contribution in [0, 0.1) is 0 Å². The van der Waals surface area contributed by atoms with Gasteiger partial charge in [-0.3, -0.25) is 4.79 Å². The van der Waals surface area contributed by atoms with E-state index in [2.05, 4.69) is 21.2 Å². The number of nitrogens with one attached hydrogen (secondary N) is 1. The fraction of sp³-hybridized carbons (Fsp3) is 0.462. The van der Waals surface area contributed by atoms with Crippen molar-refractivity contribution in [1.29, 1.82) is 0 Å². The predicted molar refractivity (Wildman–Crippen MR) is 77.0 cm³/mol. The highest BCUT2D eigenvalue weighted by molar-refractivity contribution is 9.10. The molecule has 2 N–H and O–H groups in total. The van der Waals surface area contributed by atoms with E-state index in [1.165, 1.54) is 0 Å². The van der Waals surface area contributed by atoms with E-state index >= 15 is 0 Å². The summed E-state index contributed by atoms with van der Waals surface area (Å²) >= 11 is 9.31. The SMILES string of the molecule is CCC(O)(CC)CNC(=O)c1cccc(Br)c1Cl. The van der Waals surface area contributed by atoms with E-state index in [0.717, 1.165) is 0 Å². The maximum Gasteiger partial charge on any atom is 0.252 e. The second kappa shape index (κ2) is 6.55. The number of carbonyl (C=O) groups excluding carboxylic acids is 1. The van der Waals surface area contributed by atoms with Crippen LogP contribution in [0.15, 0.2) is 22.7 Å². The first-order valence-electron chi connectivity index (χ1n) is 5.88. The van der Waals surface area contributed by atoms with Gasteiger partial charge in [0.15, 0.2) is 0 Å². The van der Waals surface area contributed by atoms with Crippen molar-refractivity contribution in [1.82, 2.24) is 5.32 Å². The van der Waals surface area contributed by atoms with Gasteiger partial charge in [-0.2, -0.15) is 0 Å². The van der Waals surface area contributed by atoms with Gasteiger partial charge in [-0.1, -0.05) is 31.5 Å². The lowest BCUT2D eigenvalue weighted by Gasteiger charge is -2.25. The minimum atomic E-state index is -0.853. The minimum absolute atomic E-state index is 0.224. The Morgan fingerprint density at radius 2 is 2.06 bits per heavy atom. The molecular formula is C13H17BrClNO2. The van der Waals surface area contributed by atoms with Crippen molar-refractivity contribution in [2.24, 2.45) is 0 Å². The van der Waals surface area contributed by atoms with Crippen LogP contribution in [-0.2, 0) is 0 Å². The molecule has 0 saturated heterocycles. The average molecular weight is 335 g/mol. The minimum Gasteiger partial charge on any atom is -0.388 e. The number of amides is 1. The van der Waals surface area contributed by atoms with Crippen LogP contribution in [0.5, 0.6) is 0 Å². The first kappa shape index (κ1) is 15.5. The summed E-state index contributed by atoms with van der Waals surface area (Å²) in [7, 11) is 0. The van der Waals surface area contributed by atoms with Crippen LogP contribution in [0.4, 0.5) is 0 Å². The Morgan fingerprint density at radius 1 is 1.44 bits per heavy atom. The van der Waals surface area contributed by atoms with E-state index in [1.807, 2.05) is 13.8 Å². The molecule has 0 unspecified atom stereocenters. The molecule has 0 fully saturated rings. The van der Waals surface area contributed by atoms with Crippen LogP contribution in [-0.4, -0.2) is 23.2 Å². The molecule has 0 radical (unpaired) electrons. The van der Waals surface area contributed by atoms with Crippen LogP contribution in [0.3, 0.4) is 0 Å². The van der Waals surface area contributed by atoms with Crippen molar-refractivity contribution in [3.63, 3.8) is 0 Å². The Morgan fingerprint density at radius 3 is 2.61 bits per heavy atom. The monoisotopic (exact) mass is 333 g/mol. The normalized spacial score (nSPS) is 11.4. The molecule has 3 nitrogen and oxygen atoms in total. The van der Waals surface area contributed by atoms with Crippen LogP contribution >= 0.6 is 27.5 Å². The van der Waals surface area contributed by atoms with Gasteiger partial charge in [-0.15, -0.1) is 0 Å². The van der Waals surface area contributed by atoms with E-state index < -0.39 is 5.60 Å². The molecule has 0 atom stereocenters. The highest BCUT2D eigenvalue weighted by atomic mass is 79.9. The maximum atomic E-state index is 12.0. The number of rotatable bonds is 5. The molecule has 0 bridgehead atoms. The summed E-state index contributed by atoms with van der Waals surface area (Å²) in [5, 5.41) is 13.2. The first-order valence-corrected chi connectivity index (χ1v) is 7.05. The van der Waals surface area contributed by atoms with Gasteiger partial charge in [0.2, 0.25) is 0 Å². The van der Waals surface area contributed by atoms with E-state index in [4.69, 9.17) is 11.6 Å². The van der Waals surface area contributed by atoms with Crippen LogP contribution in [0.1, 0.15) is 37.0 Å². The van der Waals surface area contributed by atoms with E-state index in [9.17, 15) is 9.90 Å². The van der Waals surface area contributed by atoms with Crippen LogP contribution in [0.25, 0.3) is 0 Å². The Bertz CT molecular complexity index is 433. The molecule has 1 aromatic carbocycles. The van der Waals surface area contributed by atoms with Crippen molar-refractivity contribution in [3.8, 4) is 0 Å². The molecule has 0 saturated carbocycles. The van der Waals surface area contributed by atoms with Gasteiger partial charge in [-0.05, 0) is 40.9 Å². The molecule has 0 heterocycles. The third-order valence-corrected chi connectivity index (χ3v) is 4.39. The zero-order chi connectivity index (χ0) is 13.8. The molecule has 1 amide bonds. The van der Waals surface area contributed by atoms with Gasteiger partial charge in [0.1, 0.15) is 0 Å². The Hall–Kier alpha value is -0.580. The van der Waals surface area contributed by atoms with Gasteiger partial charge in [0.05, 0.1) is 16.2 Å². The Balaban J connectivity index is 2.75. The van der Waals surface area contributed by atoms with Crippen LogP contribution < -0.4 is 5.32 Å². The smallest absolute Gasteiger partial charge is 0.252 e. The molecular weight excluding hydrogens is 318 g/mol. The van der Waals surface area contributed by atoms with E-state index in [1.54, 1.807) is 18.2 Å². The molecule has 0 spiro atoms. The molecule has 5 heteroatoms. The second-order valence-electron chi connectivity index (χ2n) is 4.22. The molecule has 1 rings (SSSR count). The van der Waals surface area contributed by atoms with Crippen molar-refractivity contribution in [3.05, 3.63) is 33.3 Å². The van der Waals surface area contributed by atoms with Crippen molar-refractivity contribution < 1.29 is 9.90 Å². The molecule has 18 heavy (non-hydrogen) atoms. The summed E-state index contributed by atoms with van der Waals surface area (Å²) in [4.78, 5) is 12.0. The van der Waals surface area contributed by atoms with Crippen molar-refractivity contribution in [2.75, 3.05) is 6.54 Å². The number of hydrogen-bond donors (Lipinski definition) is 2. The summed E-state index contributed by atoms with van der Waals surface area (Å²) in [6.45, 7) is 4.01. The molecule has 0 aromatic heterocycles. The average Bonchev–Trinajstić information content (AvgIpc) is 2.39. The number of aliphatic hydroxyl groups is 1. The van der Waals surface area contributed by atoms with Crippen molar-refractivity contribution >= 4 is 33.4 Å². The maximum absolute atomic E-state index is 12.0. The fourth-order valence-electron chi connectivity index (χ4n) is 1.52. The van der Waals surface area contributed by atoms with E-state index in [-0.39, 0.29) is 12.5 Å². The molecule has 0 aliphatic rings. The molecule has 0 aliphatic heterocycles. The summed E-state index contributed by atoms with van der Waals surface area (Å²) in [5.74, 6) is -0.276. The molecule has 100 valence electrons. The van der Waals surface area contributed by atoms with E-state index in [0.29, 0.717) is 27.9 Å². The fourth-order valence-corrected chi connectivity index (χ4v) is 2.10. The number of hydrogen-bond acceptors (Lipinski definition) is 2. The summed E-state index contributed by atoms with van der Waals surface area (Å²) in [6.07, 6.45) is 1.19. The lowest BCUT2D eigenvalue weighted by Crippen LogP contribution is -2.42. The topological polar surface area (TPSA) is 49.3 Å². The van der Waals surface area contributed by atoms with Gasteiger partial charge in [0, 0.05) is 11.0 Å². The number of benzene rings is 1. The lowest BCUT2D eigenvalue weighted by atomic mass is 9.97. The zero-order valence-corrected chi connectivity index (χ0v) is 12.8. The highest BCUT2D eigenvalue weighted by Crippen LogP contribution is 2.26. The quantitative estimate of drug-likeness (QED) is 0.867. The highest BCUT2D eigenvalue weighted by Gasteiger charge is 2.23. The molecule has 0 aliphatic carbocycles. The standard InChI is InChI=1S/C13H17BrClNO2/c1-3-13(18,4-2)8-16-12(17)9-6-5-7-10(14)11(9)15/h5-7,18H,3-4,8H2,1-2H3,(H,16,17). The lowest BCUT2D eigenvalue weighted by molar-refractivity contribution is 0.0314. The Kier molecular flexibility index (Phi) is 5.63. The van der Waals surface area contributed by atoms with Crippen molar-refractivity contribution in [2.45, 2.75) is 32.3 Å². The van der Waals surface area contributed by atoms with Gasteiger partial charge >= 0.3 is 0 Å². The number of halogens is 2. The third kappa shape index (κ3) is 3.70. The summed E-state index contributed by atoms with van der Waals surface area (Å²) in [6, 6.07) is 5.17. The number of carbonyl (C=O) groups is 1. The second-order valence-corrected chi connectivity index (χ2v) is 5.45. The summed E-state index contributed by atoms with van der Waals surface area (Å²) in [5.41, 5.74) is -0.450.